The monoisotopic (exact) mass is 352 g/mol. The molecule has 0 saturated carbocycles. The van der Waals surface area contributed by atoms with Gasteiger partial charge < -0.3 is 5.32 Å². The van der Waals surface area contributed by atoms with Crippen molar-refractivity contribution in [3.05, 3.63) is 54.4 Å². The van der Waals surface area contributed by atoms with E-state index < -0.39 is 6.03 Å². The predicted molar refractivity (Wildman–Crippen MR) is 98.7 cm³/mol. The lowest BCUT2D eigenvalue weighted by atomic mass is 10.2. The van der Waals surface area contributed by atoms with Crippen molar-refractivity contribution in [2.75, 3.05) is 16.9 Å². The van der Waals surface area contributed by atoms with Gasteiger partial charge in [0.2, 0.25) is 5.95 Å². The van der Waals surface area contributed by atoms with Crippen LogP contribution in [-0.2, 0) is 0 Å². The van der Waals surface area contributed by atoms with Gasteiger partial charge in [-0.05, 0) is 43.0 Å². The van der Waals surface area contributed by atoms with Crippen LogP contribution in [0.5, 0.6) is 0 Å². The molecule has 0 aliphatic rings. The van der Waals surface area contributed by atoms with Crippen LogP contribution in [0.3, 0.4) is 0 Å². The average molecular weight is 352 g/mol. The first-order chi connectivity index (χ1) is 12.1. The lowest BCUT2D eigenvalue weighted by Crippen LogP contribution is -2.21. The Morgan fingerprint density at radius 1 is 1.04 bits per heavy atom. The second-order valence-corrected chi connectivity index (χ2v) is 5.93. The Morgan fingerprint density at radius 3 is 2.56 bits per heavy atom. The summed E-state index contributed by atoms with van der Waals surface area (Å²) < 4.78 is 0. The molecule has 0 spiro atoms. The molecule has 2 amide bonds. The maximum Gasteiger partial charge on any atom is 0.326 e. The molecule has 25 heavy (non-hydrogen) atoms. The molecule has 2 aromatic heterocycles. The molecule has 0 unspecified atom stereocenters. The molecule has 3 aromatic rings. The number of hydrogen-bond acceptors (Lipinski definition) is 6. The summed E-state index contributed by atoms with van der Waals surface area (Å²) >= 11 is 1.38. The lowest BCUT2D eigenvalue weighted by Gasteiger charge is -2.09. The quantitative estimate of drug-likeness (QED) is 0.697. The van der Waals surface area contributed by atoms with E-state index in [1.165, 1.54) is 11.8 Å². The number of nitrogens with zero attached hydrogens (tertiary/aromatic N) is 4. The van der Waals surface area contributed by atoms with E-state index in [-0.39, 0.29) is 5.95 Å². The molecule has 0 saturated heterocycles. The zero-order valence-corrected chi connectivity index (χ0v) is 14.5. The van der Waals surface area contributed by atoms with Gasteiger partial charge in [-0.1, -0.05) is 23.9 Å². The van der Waals surface area contributed by atoms with Crippen molar-refractivity contribution in [2.24, 2.45) is 0 Å². The largest absolute Gasteiger partial charge is 0.326 e. The fraction of sp³-hybridized carbons (Fsp3) is 0.118. The number of thioether (sulfide) groups is 1. The molecule has 2 heterocycles. The third kappa shape index (κ3) is 4.51. The van der Waals surface area contributed by atoms with Crippen molar-refractivity contribution < 1.29 is 4.79 Å². The van der Waals surface area contributed by atoms with Crippen LogP contribution in [0.25, 0.3) is 11.4 Å². The van der Waals surface area contributed by atoms with Gasteiger partial charge in [-0.2, -0.15) is 9.97 Å². The first kappa shape index (κ1) is 16.8. The second-order valence-electron chi connectivity index (χ2n) is 5.15. The summed E-state index contributed by atoms with van der Waals surface area (Å²) in [6.45, 7) is 1.96. The number of carbonyl (C=O) groups excluding carboxylic acids is 1. The van der Waals surface area contributed by atoms with E-state index in [2.05, 4.69) is 30.6 Å². The van der Waals surface area contributed by atoms with Gasteiger partial charge in [0.15, 0.2) is 11.0 Å². The first-order valence-corrected chi connectivity index (χ1v) is 8.71. The van der Waals surface area contributed by atoms with Crippen molar-refractivity contribution in [1.82, 2.24) is 19.9 Å². The third-order valence-electron chi connectivity index (χ3n) is 3.24. The first-order valence-electron chi connectivity index (χ1n) is 7.49. The minimum absolute atomic E-state index is 0.191. The minimum atomic E-state index is -0.412. The summed E-state index contributed by atoms with van der Waals surface area (Å²) in [7, 11) is 0. The van der Waals surface area contributed by atoms with Gasteiger partial charge in [0.1, 0.15) is 0 Å². The number of benzene rings is 1. The summed E-state index contributed by atoms with van der Waals surface area (Å²) in [6, 6.07) is 10.7. The Labute approximate surface area is 149 Å². The van der Waals surface area contributed by atoms with Crippen molar-refractivity contribution in [1.29, 1.82) is 0 Å². The van der Waals surface area contributed by atoms with Crippen molar-refractivity contribution in [3.63, 3.8) is 0 Å². The highest BCUT2D eigenvalue weighted by molar-refractivity contribution is 7.98. The molecule has 126 valence electrons. The van der Waals surface area contributed by atoms with Crippen molar-refractivity contribution in [2.45, 2.75) is 12.1 Å². The van der Waals surface area contributed by atoms with Crippen LogP contribution in [0.4, 0.5) is 16.4 Å². The molecule has 2 N–H and O–H groups in total. The van der Waals surface area contributed by atoms with Gasteiger partial charge in [0.05, 0.1) is 0 Å². The zero-order valence-electron chi connectivity index (χ0n) is 13.7. The second kappa shape index (κ2) is 7.71. The topological polar surface area (TPSA) is 92.7 Å². The van der Waals surface area contributed by atoms with Crippen molar-refractivity contribution >= 4 is 29.4 Å². The smallest absolute Gasteiger partial charge is 0.308 e. The number of carbonyl (C=O) groups is 1. The lowest BCUT2D eigenvalue weighted by molar-refractivity contribution is 0.262. The van der Waals surface area contributed by atoms with E-state index in [4.69, 9.17) is 0 Å². The van der Waals surface area contributed by atoms with E-state index >= 15 is 0 Å². The SMILES string of the molecule is CSc1nc(NC(=O)Nc2cccc(C)c2)nc(-c2ccncc2)n1. The fourth-order valence-corrected chi connectivity index (χ4v) is 2.48. The molecule has 1 aromatic carbocycles. The van der Waals surface area contributed by atoms with E-state index in [1.54, 1.807) is 24.5 Å². The molecule has 3 rings (SSSR count). The number of rotatable bonds is 4. The van der Waals surface area contributed by atoms with Crippen LogP contribution in [0.15, 0.2) is 53.9 Å². The van der Waals surface area contributed by atoms with Gasteiger partial charge >= 0.3 is 6.03 Å². The summed E-state index contributed by atoms with van der Waals surface area (Å²) in [6.07, 6.45) is 5.19. The molecule has 7 nitrogen and oxygen atoms in total. The van der Waals surface area contributed by atoms with Crippen LogP contribution in [0, 0.1) is 6.92 Å². The summed E-state index contributed by atoms with van der Waals surface area (Å²) in [5.41, 5.74) is 2.56. The van der Waals surface area contributed by atoms with Gasteiger partial charge in [-0.25, -0.2) is 9.78 Å². The maximum atomic E-state index is 12.2. The van der Waals surface area contributed by atoms with E-state index in [9.17, 15) is 4.79 Å². The number of pyridine rings is 1. The summed E-state index contributed by atoms with van der Waals surface area (Å²) in [5, 5.41) is 5.94. The molecule has 0 aliphatic carbocycles. The normalized spacial score (nSPS) is 10.3. The zero-order chi connectivity index (χ0) is 17.6. The summed E-state index contributed by atoms with van der Waals surface area (Å²) in [4.78, 5) is 29.1. The Balaban J connectivity index is 1.81. The molecule has 0 fully saturated rings. The molecular weight excluding hydrogens is 336 g/mol. The number of aryl methyl sites for hydroxylation is 1. The van der Waals surface area contributed by atoms with Gasteiger partial charge in [0, 0.05) is 23.6 Å². The molecule has 8 heteroatoms. The number of aromatic nitrogens is 4. The molecule has 0 bridgehead atoms. The Kier molecular flexibility index (Phi) is 5.20. The number of amides is 2. The number of hydrogen-bond donors (Lipinski definition) is 2. The molecule has 0 aliphatic heterocycles. The maximum absolute atomic E-state index is 12.2. The van der Waals surface area contributed by atoms with Crippen LogP contribution in [0.1, 0.15) is 5.56 Å². The van der Waals surface area contributed by atoms with Gasteiger partial charge in [0.25, 0.3) is 0 Å². The average Bonchev–Trinajstić information content (AvgIpc) is 2.62. The standard InChI is InChI=1S/C17H16N6OS/c1-11-4-3-5-13(10-11)19-16(24)22-15-20-14(21-17(23-15)25-2)12-6-8-18-9-7-12/h3-10H,1-2H3,(H2,19,20,21,22,23,24). The van der Waals surface area contributed by atoms with Crippen molar-refractivity contribution in [3.8, 4) is 11.4 Å². The van der Waals surface area contributed by atoms with E-state index in [1.807, 2.05) is 37.4 Å². The highest BCUT2D eigenvalue weighted by Crippen LogP contribution is 2.19. The van der Waals surface area contributed by atoms with E-state index in [0.29, 0.717) is 16.7 Å². The van der Waals surface area contributed by atoms with Crippen LogP contribution in [-0.4, -0.2) is 32.2 Å². The Hall–Kier alpha value is -3.00. The number of nitrogens with one attached hydrogen (secondary N) is 2. The van der Waals surface area contributed by atoms with E-state index in [0.717, 1.165) is 11.1 Å². The molecule has 0 radical (unpaired) electrons. The highest BCUT2D eigenvalue weighted by Gasteiger charge is 2.11. The van der Waals surface area contributed by atoms with Crippen LogP contribution >= 0.6 is 11.8 Å². The van der Waals surface area contributed by atoms with Gasteiger partial charge in [-0.15, -0.1) is 0 Å². The number of urea groups is 1. The van der Waals surface area contributed by atoms with Crippen LogP contribution in [0.2, 0.25) is 0 Å². The molecule has 0 atom stereocenters. The van der Waals surface area contributed by atoms with Gasteiger partial charge in [-0.3, -0.25) is 10.3 Å². The third-order valence-corrected chi connectivity index (χ3v) is 3.78. The Morgan fingerprint density at radius 2 is 1.84 bits per heavy atom. The number of anilines is 2. The minimum Gasteiger partial charge on any atom is -0.308 e. The highest BCUT2D eigenvalue weighted by atomic mass is 32.2. The predicted octanol–water partition coefficient (Wildman–Crippen LogP) is 3.61. The molecular formula is C17H16N6OS. The van der Waals surface area contributed by atoms with Crippen LogP contribution < -0.4 is 10.6 Å². The fourth-order valence-electron chi connectivity index (χ4n) is 2.12. The Bertz CT molecular complexity index is 887. The summed E-state index contributed by atoms with van der Waals surface area (Å²) in [5.74, 6) is 0.670.